The average molecular weight is 491 g/mol. The maximum Gasteiger partial charge on any atom is 0.255 e. The summed E-state index contributed by atoms with van der Waals surface area (Å²) in [6.07, 6.45) is 5.14. The predicted molar refractivity (Wildman–Crippen MR) is 134 cm³/mol. The number of aliphatic hydroxyl groups is 1. The van der Waals surface area contributed by atoms with E-state index in [9.17, 15) is 9.90 Å². The number of aromatic nitrogens is 3. The van der Waals surface area contributed by atoms with Crippen LogP contribution < -0.4 is 10.3 Å². The van der Waals surface area contributed by atoms with Crippen molar-refractivity contribution >= 4 is 40.3 Å². The monoisotopic (exact) mass is 490 g/mol. The van der Waals surface area contributed by atoms with Gasteiger partial charge in [0.15, 0.2) is 5.82 Å². The quantitative estimate of drug-likeness (QED) is 0.298. The summed E-state index contributed by atoms with van der Waals surface area (Å²) in [5.74, 6) is 0.296. The van der Waals surface area contributed by atoms with Crippen LogP contribution in [0.4, 0.5) is 10.2 Å². The van der Waals surface area contributed by atoms with Gasteiger partial charge in [0.05, 0.1) is 29.7 Å². The zero-order valence-electron chi connectivity index (χ0n) is 18.6. The van der Waals surface area contributed by atoms with Crippen LogP contribution in [0.2, 0.25) is 5.15 Å². The average Bonchev–Trinajstić information content (AvgIpc) is 3.42. The Balaban J connectivity index is 1.70. The molecule has 0 saturated carbocycles. The number of fused-ring (bicyclic) bond motifs is 4. The zero-order valence-corrected chi connectivity index (χ0v) is 19.3. The third-order valence-electron chi connectivity index (χ3n) is 6.49. The van der Waals surface area contributed by atoms with E-state index in [4.69, 9.17) is 16.3 Å². The molecule has 0 aliphatic carbocycles. The number of halogens is 2. The van der Waals surface area contributed by atoms with Gasteiger partial charge in [-0.25, -0.2) is 14.4 Å². The van der Waals surface area contributed by atoms with E-state index in [1.807, 2.05) is 6.07 Å². The molecule has 0 unspecified atom stereocenters. The lowest BCUT2D eigenvalue weighted by molar-refractivity contribution is 0.288. The topological polar surface area (TPSA) is 92.5 Å². The molecule has 2 aliphatic heterocycles. The van der Waals surface area contributed by atoms with Gasteiger partial charge < -0.3 is 19.4 Å². The van der Waals surface area contributed by atoms with Gasteiger partial charge in [-0.15, -0.1) is 0 Å². The molecule has 0 saturated heterocycles. The van der Waals surface area contributed by atoms with Gasteiger partial charge in [-0.3, -0.25) is 4.79 Å². The Hall–Kier alpha value is -3.91. The second-order valence-corrected chi connectivity index (χ2v) is 8.98. The number of H-pyrrole nitrogens is 1. The number of aliphatic hydroxyl groups excluding tert-OH is 1. The van der Waals surface area contributed by atoms with E-state index in [0.717, 1.165) is 5.56 Å². The van der Waals surface area contributed by atoms with Crippen LogP contribution in [0.1, 0.15) is 28.8 Å². The molecule has 9 heteroatoms. The fourth-order valence-corrected chi connectivity index (χ4v) is 5.18. The number of hydrogen-bond acceptors (Lipinski definition) is 5. The van der Waals surface area contributed by atoms with Crippen LogP contribution in [0.3, 0.4) is 0 Å². The van der Waals surface area contributed by atoms with Crippen molar-refractivity contribution in [3.63, 3.8) is 0 Å². The minimum absolute atomic E-state index is 0.160. The van der Waals surface area contributed by atoms with Crippen molar-refractivity contribution in [3.8, 4) is 16.9 Å². The van der Waals surface area contributed by atoms with Crippen LogP contribution in [0.15, 0.2) is 46.8 Å². The van der Waals surface area contributed by atoms with Crippen molar-refractivity contribution in [2.24, 2.45) is 4.99 Å². The zero-order chi connectivity index (χ0) is 24.3. The molecule has 0 amide bonds. The highest BCUT2D eigenvalue weighted by Gasteiger charge is 2.30. The normalized spacial score (nSPS) is 14.1. The number of aliphatic imine (C=N–C) groups is 1. The molecule has 5 heterocycles. The highest BCUT2D eigenvalue weighted by atomic mass is 35.5. The van der Waals surface area contributed by atoms with E-state index in [1.54, 1.807) is 22.9 Å². The number of benzene rings is 1. The number of ether oxygens (including phenoxy) is 1. The van der Waals surface area contributed by atoms with E-state index in [-0.39, 0.29) is 28.7 Å². The summed E-state index contributed by atoms with van der Waals surface area (Å²) >= 11 is 6.50. The van der Waals surface area contributed by atoms with Crippen LogP contribution in [0.25, 0.3) is 27.8 Å². The van der Waals surface area contributed by atoms with E-state index in [2.05, 4.69) is 21.5 Å². The Morgan fingerprint density at radius 3 is 3.03 bits per heavy atom. The largest absolute Gasteiger partial charge is 0.506 e. The van der Waals surface area contributed by atoms with E-state index in [1.165, 1.54) is 12.3 Å². The fourth-order valence-electron chi connectivity index (χ4n) is 4.99. The van der Waals surface area contributed by atoms with Crippen LogP contribution in [-0.4, -0.2) is 32.5 Å². The van der Waals surface area contributed by atoms with Crippen LogP contribution >= 0.6 is 11.6 Å². The number of rotatable bonds is 4. The minimum Gasteiger partial charge on any atom is -0.506 e. The van der Waals surface area contributed by atoms with E-state index < -0.39 is 5.82 Å². The van der Waals surface area contributed by atoms with Gasteiger partial charge in [0.25, 0.3) is 5.56 Å². The van der Waals surface area contributed by atoms with Crippen molar-refractivity contribution in [2.45, 2.75) is 25.8 Å². The Kier molecular flexibility index (Phi) is 5.00. The Labute approximate surface area is 204 Å². The number of nitrogens with one attached hydrogen (secondary N) is 1. The summed E-state index contributed by atoms with van der Waals surface area (Å²) in [6, 6.07) is 6.69. The molecule has 0 atom stereocenters. The predicted octanol–water partition coefficient (Wildman–Crippen LogP) is 5.34. The third kappa shape index (κ3) is 3.36. The summed E-state index contributed by atoms with van der Waals surface area (Å²) in [4.78, 5) is 24.2. The first-order chi connectivity index (χ1) is 16.9. The number of hydrogen-bond donors (Lipinski definition) is 2. The van der Waals surface area contributed by atoms with Crippen molar-refractivity contribution in [1.29, 1.82) is 0 Å². The van der Waals surface area contributed by atoms with Crippen LogP contribution in [-0.2, 0) is 19.4 Å². The highest BCUT2D eigenvalue weighted by Crippen LogP contribution is 2.45. The van der Waals surface area contributed by atoms with Crippen LogP contribution in [0.5, 0.6) is 5.75 Å². The van der Waals surface area contributed by atoms with Gasteiger partial charge in [-0.2, -0.15) is 0 Å². The molecule has 3 aromatic heterocycles. The molecule has 0 bridgehead atoms. The molecule has 4 aromatic rings. The summed E-state index contributed by atoms with van der Waals surface area (Å²) in [5, 5.41) is 11.6. The van der Waals surface area contributed by atoms with Crippen molar-refractivity contribution < 1.29 is 14.2 Å². The lowest BCUT2D eigenvalue weighted by Gasteiger charge is -2.20. The smallest absolute Gasteiger partial charge is 0.255 e. The Bertz CT molecular complexity index is 1640. The summed E-state index contributed by atoms with van der Waals surface area (Å²) in [6.45, 7) is 4.36. The summed E-state index contributed by atoms with van der Waals surface area (Å²) in [7, 11) is 0. The third-order valence-corrected chi connectivity index (χ3v) is 6.82. The molecule has 2 aliphatic rings. The lowest BCUT2D eigenvalue weighted by atomic mass is 9.97. The molecular formula is C26H20ClFN4O3. The second kappa shape index (κ2) is 8.09. The molecular weight excluding hydrogens is 471 g/mol. The summed E-state index contributed by atoms with van der Waals surface area (Å²) in [5.41, 5.74) is 3.19. The van der Waals surface area contributed by atoms with Gasteiger partial charge in [0, 0.05) is 46.6 Å². The molecule has 0 spiro atoms. The Morgan fingerprint density at radius 2 is 2.23 bits per heavy atom. The summed E-state index contributed by atoms with van der Waals surface area (Å²) < 4.78 is 23.0. The van der Waals surface area contributed by atoms with Gasteiger partial charge >= 0.3 is 0 Å². The maximum absolute atomic E-state index is 15.3. The highest BCUT2D eigenvalue weighted by molar-refractivity contribution is 6.30. The molecule has 176 valence electrons. The molecule has 35 heavy (non-hydrogen) atoms. The van der Waals surface area contributed by atoms with Crippen molar-refractivity contribution in [1.82, 2.24) is 14.5 Å². The number of aromatic amines is 1. The Morgan fingerprint density at radius 1 is 1.37 bits per heavy atom. The van der Waals surface area contributed by atoms with E-state index >= 15 is 4.39 Å². The van der Waals surface area contributed by atoms with Crippen LogP contribution in [0, 0.1) is 5.82 Å². The van der Waals surface area contributed by atoms with Gasteiger partial charge in [-0.1, -0.05) is 18.2 Å². The first kappa shape index (κ1) is 21.6. The van der Waals surface area contributed by atoms with E-state index in [0.29, 0.717) is 70.6 Å². The van der Waals surface area contributed by atoms with Gasteiger partial charge in [-0.05, 0) is 37.1 Å². The molecule has 0 fully saturated rings. The van der Waals surface area contributed by atoms with Crippen molar-refractivity contribution in [3.05, 3.63) is 80.7 Å². The molecule has 0 radical (unpaired) electrons. The van der Waals surface area contributed by atoms with Gasteiger partial charge in [0.2, 0.25) is 0 Å². The lowest BCUT2D eigenvalue weighted by Crippen LogP contribution is -2.11. The number of nitrogens with zero attached hydrogens (tertiary/aromatic N) is 3. The number of pyridine rings is 2. The second-order valence-electron chi connectivity index (χ2n) is 8.62. The fraction of sp³-hybridized carbons (Fsp3) is 0.192. The van der Waals surface area contributed by atoms with Gasteiger partial charge in [0.1, 0.15) is 22.5 Å². The SMILES string of the molecule is C=C(O)c1c(-c2ccc[nH]c2=O)c2c3c(c(F)cc2n1Cc1cc2c(nc1Cl)N=CC2)CCCO3. The molecule has 1 aromatic carbocycles. The maximum atomic E-state index is 15.3. The molecule has 6 rings (SSSR count). The first-order valence-corrected chi connectivity index (χ1v) is 11.6. The first-order valence-electron chi connectivity index (χ1n) is 11.2. The molecule has 7 nitrogen and oxygen atoms in total. The van der Waals surface area contributed by atoms with Crippen molar-refractivity contribution in [2.75, 3.05) is 6.61 Å². The molecule has 2 N–H and O–H groups in total. The standard InChI is InChI=1S/C26H20ClFN4O3/c1-13(33)22-20(17-4-2-7-30-26(17)34)21-19(11-18(28)16-5-3-9-35-23(16)21)32(22)12-15-10-14-6-8-29-25(14)31-24(15)27/h2,4,7-8,10-11,33H,1,3,5-6,9,12H2,(H,30,34). The minimum atomic E-state index is -0.402.